The van der Waals surface area contributed by atoms with Gasteiger partial charge >= 0.3 is 0 Å². The van der Waals surface area contributed by atoms with E-state index in [1.807, 2.05) is 41.8 Å². The molecule has 114 valence electrons. The molecule has 0 amide bonds. The number of alkyl halides is 1. The van der Waals surface area contributed by atoms with Gasteiger partial charge in [-0.05, 0) is 35.9 Å². The Morgan fingerprint density at radius 3 is 2.57 bits per heavy atom. The fourth-order valence-corrected chi connectivity index (χ4v) is 3.34. The molecule has 2 nitrogen and oxygen atoms in total. The van der Waals surface area contributed by atoms with Crippen molar-refractivity contribution in [1.29, 1.82) is 0 Å². The highest BCUT2D eigenvalue weighted by molar-refractivity contribution is 6.30. The Labute approximate surface area is 144 Å². The average molecular weight is 341 g/mol. The van der Waals surface area contributed by atoms with E-state index in [9.17, 15) is 0 Å². The Bertz CT molecular complexity index is 1020. The summed E-state index contributed by atoms with van der Waals surface area (Å²) >= 11 is 12.6. The minimum Gasteiger partial charge on any atom is -0.300 e. The van der Waals surface area contributed by atoms with Gasteiger partial charge in [-0.15, -0.1) is 11.6 Å². The van der Waals surface area contributed by atoms with Gasteiger partial charge in [-0.3, -0.25) is 0 Å². The van der Waals surface area contributed by atoms with E-state index in [2.05, 4.69) is 30.3 Å². The number of halogens is 2. The number of imidazole rings is 1. The molecule has 2 aromatic heterocycles. The number of fused-ring (bicyclic) bond motifs is 2. The van der Waals surface area contributed by atoms with Gasteiger partial charge in [-0.2, -0.15) is 0 Å². The molecule has 2 heterocycles. The van der Waals surface area contributed by atoms with Crippen molar-refractivity contribution in [3.63, 3.8) is 0 Å². The van der Waals surface area contributed by atoms with Gasteiger partial charge in [0.05, 0.1) is 21.8 Å². The average Bonchev–Trinajstić information content (AvgIpc) is 2.93. The Hall–Kier alpha value is -2.03. The van der Waals surface area contributed by atoms with Crippen LogP contribution in [-0.4, -0.2) is 9.38 Å². The second-order valence-electron chi connectivity index (χ2n) is 5.60. The third-order valence-corrected chi connectivity index (χ3v) is 4.45. The summed E-state index contributed by atoms with van der Waals surface area (Å²) in [5.41, 5.74) is 3.77. The summed E-state index contributed by atoms with van der Waals surface area (Å²) in [7, 11) is 0. The molecule has 4 heteroatoms. The van der Waals surface area contributed by atoms with Crippen LogP contribution in [0.4, 0.5) is 0 Å². The van der Waals surface area contributed by atoms with Gasteiger partial charge in [0.1, 0.15) is 5.65 Å². The number of aromatic nitrogens is 2. The standard InChI is InChI=1S/C19H14Cl2N2/c1-12(20)19-18(22-17-9-8-16(21)11-23(17)19)15-7-6-13-4-2-3-5-14(13)10-15/h2-12H,1H3. The fraction of sp³-hybridized carbons (Fsp3) is 0.105. The lowest BCUT2D eigenvalue weighted by atomic mass is 10.0. The highest BCUT2D eigenvalue weighted by Gasteiger charge is 2.18. The van der Waals surface area contributed by atoms with E-state index in [1.54, 1.807) is 0 Å². The fourth-order valence-electron chi connectivity index (χ4n) is 2.97. The van der Waals surface area contributed by atoms with Crippen LogP contribution in [0, 0.1) is 0 Å². The van der Waals surface area contributed by atoms with Gasteiger partial charge in [-0.25, -0.2) is 4.98 Å². The summed E-state index contributed by atoms with van der Waals surface area (Å²) in [6.07, 6.45) is 1.86. The van der Waals surface area contributed by atoms with E-state index in [0.717, 1.165) is 22.6 Å². The van der Waals surface area contributed by atoms with Crippen LogP contribution in [0.15, 0.2) is 60.8 Å². The number of rotatable bonds is 2. The summed E-state index contributed by atoms with van der Waals surface area (Å²) in [5.74, 6) is 0. The van der Waals surface area contributed by atoms with Crippen LogP contribution in [0.5, 0.6) is 0 Å². The predicted octanol–water partition coefficient (Wildman–Crippen LogP) is 6.11. The van der Waals surface area contributed by atoms with Crippen molar-refractivity contribution < 1.29 is 0 Å². The topological polar surface area (TPSA) is 17.3 Å². The van der Waals surface area contributed by atoms with Crippen LogP contribution >= 0.6 is 23.2 Å². The molecule has 0 saturated carbocycles. The molecule has 4 rings (SSSR count). The van der Waals surface area contributed by atoms with E-state index in [4.69, 9.17) is 28.2 Å². The molecule has 1 atom stereocenters. The second-order valence-corrected chi connectivity index (χ2v) is 6.69. The molecule has 0 bridgehead atoms. The summed E-state index contributed by atoms with van der Waals surface area (Å²) < 4.78 is 1.98. The van der Waals surface area contributed by atoms with Gasteiger partial charge in [0, 0.05) is 11.8 Å². The Morgan fingerprint density at radius 2 is 1.78 bits per heavy atom. The SMILES string of the molecule is CC(Cl)c1c(-c2ccc3ccccc3c2)nc2ccc(Cl)cn12. The monoisotopic (exact) mass is 340 g/mol. The highest BCUT2D eigenvalue weighted by Crippen LogP contribution is 2.34. The van der Waals surface area contributed by atoms with Crippen LogP contribution < -0.4 is 0 Å². The predicted molar refractivity (Wildman–Crippen MR) is 97.4 cm³/mol. The number of benzene rings is 2. The lowest BCUT2D eigenvalue weighted by Gasteiger charge is -2.08. The van der Waals surface area contributed by atoms with Crippen molar-refractivity contribution in [2.24, 2.45) is 0 Å². The van der Waals surface area contributed by atoms with Gasteiger partial charge < -0.3 is 4.40 Å². The zero-order valence-electron chi connectivity index (χ0n) is 12.5. The molecule has 0 aliphatic carbocycles. The van der Waals surface area contributed by atoms with E-state index < -0.39 is 0 Å². The minimum absolute atomic E-state index is 0.176. The normalized spacial score (nSPS) is 12.8. The van der Waals surface area contributed by atoms with Crippen LogP contribution in [0.3, 0.4) is 0 Å². The first-order chi connectivity index (χ1) is 11.1. The quantitative estimate of drug-likeness (QED) is 0.402. The van der Waals surface area contributed by atoms with Crippen molar-refractivity contribution in [3.05, 3.63) is 71.5 Å². The first-order valence-electron chi connectivity index (χ1n) is 7.44. The van der Waals surface area contributed by atoms with Crippen LogP contribution in [0.25, 0.3) is 27.7 Å². The summed E-state index contributed by atoms with van der Waals surface area (Å²) in [5, 5.41) is 2.89. The molecule has 0 fully saturated rings. The maximum Gasteiger partial charge on any atom is 0.137 e. The first-order valence-corrected chi connectivity index (χ1v) is 8.25. The Kier molecular flexibility index (Phi) is 3.51. The van der Waals surface area contributed by atoms with Gasteiger partial charge in [0.15, 0.2) is 0 Å². The molecule has 2 aromatic carbocycles. The largest absolute Gasteiger partial charge is 0.300 e. The maximum absolute atomic E-state index is 6.45. The second kappa shape index (κ2) is 5.55. The number of nitrogens with zero attached hydrogens (tertiary/aromatic N) is 2. The maximum atomic E-state index is 6.45. The third kappa shape index (κ3) is 2.48. The van der Waals surface area contributed by atoms with Crippen molar-refractivity contribution in [2.75, 3.05) is 0 Å². The smallest absolute Gasteiger partial charge is 0.137 e. The Morgan fingerprint density at radius 1 is 1.00 bits per heavy atom. The molecule has 0 radical (unpaired) electrons. The summed E-state index contributed by atoms with van der Waals surface area (Å²) in [6.45, 7) is 1.95. The van der Waals surface area contributed by atoms with Gasteiger partial charge in [0.2, 0.25) is 0 Å². The van der Waals surface area contributed by atoms with Crippen LogP contribution in [-0.2, 0) is 0 Å². The summed E-state index contributed by atoms with van der Waals surface area (Å²) in [4.78, 5) is 4.77. The van der Waals surface area contributed by atoms with Gasteiger partial charge in [-0.1, -0.05) is 48.0 Å². The lowest BCUT2D eigenvalue weighted by Crippen LogP contribution is -1.95. The van der Waals surface area contributed by atoms with E-state index in [1.165, 1.54) is 10.8 Å². The molecule has 0 saturated heterocycles. The molecule has 0 aliphatic heterocycles. The van der Waals surface area contributed by atoms with Crippen molar-refractivity contribution >= 4 is 39.6 Å². The molecule has 0 spiro atoms. The zero-order chi connectivity index (χ0) is 16.0. The highest BCUT2D eigenvalue weighted by atomic mass is 35.5. The molecule has 0 aliphatic rings. The third-order valence-electron chi connectivity index (χ3n) is 4.02. The zero-order valence-corrected chi connectivity index (χ0v) is 14.0. The lowest BCUT2D eigenvalue weighted by molar-refractivity contribution is 0.965. The molecule has 1 unspecified atom stereocenters. The summed E-state index contributed by atoms with van der Waals surface area (Å²) in [6, 6.07) is 18.4. The van der Waals surface area contributed by atoms with E-state index in [0.29, 0.717) is 5.02 Å². The number of pyridine rings is 1. The number of hydrogen-bond acceptors (Lipinski definition) is 1. The number of hydrogen-bond donors (Lipinski definition) is 0. The van der Waals surface area contributed by atoms with Crippen LogP contribution in [0.2, 0.25) is 5.02 Å². The van der Waals surface area contributed by atoms with Crippen molar-refractivity contribution in [1.82, 2.24) is 9.38 Å². The van der Waals surface area contributed by atoms with Crippen LogP contribution in [0.1, 0.15) is 18.0 Å². The minimum atomic E-state index is -0.176. The molecular formula is C19H14Cl2N2. The van der Waals surface area contributed by atoms with Gasteiger partial charge in [0.25, 0.3) is 0 Å². The Balaban J connectivity index is 2.01. The van der Waals surface area contributed by atoms with E-state index >= 15 is 0 Å². The van der Waals surface area contributed by atoms with E-state index in [-0.39, 0.29) is 5.38 Å². The molecule has 0 N–H and O–H groups in total. The molecule has 4 aromatic rings. The van der Waals surface area contributed by atoms with Crippen molar-refractivity contribution in [3.8, 4) is 11.3 Å². The molecular weight excluding hydrogens is 327 g/mol. The first kappa shape index (κ1) is 14.6. The molecule has 23 heavy (non-hydrogen) atoms. The van der Waals surface area contributed by atoms with Crippen molar-refractivity contribution in [2.45, 2.75) is 12.3 Å².